The normalized spacial score (nSPS) is 26.1. The van der Waals surface area contributed by atoms with Gasteiger partial charge < -0.3 is 26.6 Å². The molecule has 1 aliphatic rings. The van der Waals surface area contributed by atoms with E-state index >= 15 is 4.39 Å². The highest BCUT2D eigenvalue weighted by molar-refractivity contribution is 9.10. The summed E-state index contributed by atoms with van der Waals surface area (Å²) in [6.45, 7) is 7.32. The van der Waals surface area contributed by atoms with Crippen LogP contribution in [-0.4, -0.2) is 48.1 Å². The van der Waals surface area contributed by atoms with Crippen LogP contribution < -0.4 is 16.4 Å². The Kier molecular flexibility index (Phi) is 9.18. The molecule has 1 aliphatic heterocycles. The summed E-state index contributed by atoms with van der Waals surface area (Å²) in [5.41, 5.74) is 7.70. The van der Waals surface area contributed by atoms with Crippen LogP contribution in [0.15, 0.2) is 46.9 Å². The molecule has 2 aromatic carbocycles. The smallest absolute Gasteiger partial charge is 0.129 e. The molecule has 5 atom stereocenters. The number of halogens is 3. The average molecular weight is 557 g/mol. The molecule has 0 aromatic heterocycles. The minimum Gasteiger partial charge on any atom is -0.394 e. The van der Waals surface area contributed by atoms with E-state index in [0.29, 0.717) is 30.1 Å². The second-order valence-electron chi connectivity index (χ2n) is 10.5. The molecule has 5 nitrogen and oxygen atoms in total. The molecule has 0 amide bonds. The summed E-state index contributed by atoms with van der Waals surface area (Å²) < 4.78 is 16.3. The summed E-state index contributed by atoms with van der Waals surface area (Å²) >= 11 is 9.66. The molecule has 1 saturated heterocycles. The number of aliphatic hydroxyl groups excluding tert-OH is 2. The molecule has 0 radical (unpaired) electrons. The summed E-state index contributed by atoms with van der Waals surface area (Å²) in [4.78, 5) is 0. The predicted molar refractivity (Wildman–Crippen MR) is 140 cm³/mol. The van der Waals surface area contributed by atoms with E-state index in [0.717, 1.165) is 16.5 Å². The molecule has 188 valence electrons. The van der Waals surface area contributed by atoms with E-state index in [1.165, 1.54) is 6.07 Å². The van der Waals surface area contributed by atoms with E-state index in [4.69, 9.17) is 22.4 Å². The van der Waals surface area contributed by atoms with E-state index in [1.807, 2.05) is 24.3 Å². The van der Waals surface area contributed by atoms with Gasteiger partial charge in [-0.15, -0.1) is 0 Å². The van der Waals surface area contributed by atoms with Crippen LogP contribution in [0.2, 0.25) is 5.02 Å². The first-order valence-electron chi connectivity index (χ1n) is 11.7. The number of aliphatic hydroxyl groups is 2. The Hall–Kier alpha value is -1.06. The maximum atomic E-state index is 15.4. The molecule has 6 N–H and O–H groups in total. The van der Waals surface area contributed by atoms with E-state index in [1.54, 1.807) is 12.1 Å². The molecule has 34 heavy (non-hydrogen) atoms. The lowest BCUT2D eigenvalue weighted by Gasteiger charge is -2.40. The van der Waals surface area contributed by atoms with Crippen molar-refractivity contribution in [3.8, 4) is 0 Å². The van der Waals surface area contributed by atoms with Crippen molar-refractivity contribution in [1.29, 1.82) is 0 Å². The molecule has 1 heterocycles. The molecule has 8 heteroatoms. The quantitative estimate of drug-likeness (QED) is 0.297. The Morgan fingerprint density at radius 1 is 1.26 bits per heavy atom. The van der Waals surface area contributed by atoms with E-state index in [-0.39, 0.29) is 30.0 Å². The first-order valence-corrected chi connectivity index (χ1v) is 12.9. The zero-order valence-corrected chi connectivity index (χ0v) is 22.3. The van der Waals surface area contributed by atoms with Gasteiger partial charge in [0.15, 0.2) is 0 Å². The fourth-order valence-corrected chi connectivity index (χ4v) is 5.66. The van der Waals surface area contributed by atoms with Crippen molar-refractivity contribution in [2.45, 2.75) is 63.3 Å². The van der Waals surface area contributed by atoms with Crippen molar-refractivity contribution in [3.63, 3.8) is 0 Å². The zero-order chi connectivity index (χ0) is 25.1. The van der Waals surface area contributed by atoms with Crippen LogP contribution in [0.1, 0.15) is 50.7 Å². The van der Waals surface area contributed by atoms with Gasteiger partial charge in [0.05, 0.1) is 18.2 Å². The number of hydrogen-bond acceptors (Lipinski definition) is 5. The van der Waals surface area contributed by atoms with Crippen molar-refractivity contribution in [2.75, 3.05) is 19.7 Å². The van der Waals surface area contributed by atoms with Crippen LogP contribution in [-0.2, 0) is 5.54 Å². The number of benzene rings is 2. The van der Waals surface area contributed by atoms with Crippen LogP contribution in [0.5, 0.6) is 0 Å². The summed E-state index contributed by atoms with van der Waals surface area (Å²) in [5, 5.41) is 26.2. The Balaban J connectivity index is 2.05. The van der Waals surface area contributed by atoms with Crippen molar-refractivity contribution in [3.05, 3.63) is 68.9 Å². The first kappa shape index (κ1) is 27.5. The van der Waals surface area contributed by atoms with Crippen molar-refractivity contribution >= 4 is 27.5 Å². The molecule has 1 fully saturated rings. The van der Waals surface area contributed by atoms with Gasteiger partial charge in [0.25, 0.3) is 0 Å². The van der Waals surface area contributed by atoms with Crippen molar-refractivity contribution < 1.29 is 14.6 Å². The lowest BCUT2D eigenvalue weighted by molar-refractivity contribution is 0.0882. The average Bonchev–Trinajstić information content (AvgIpc) is 3.01. The van der Waals surface area contributed by atoms with Gasteiger partial charge in [-0.2, -0.15) is 0 Å². The summed E-state index contributed by atoms with van der Waals surface area (Å²) in [7, 11) is 0. The van der Waals surface area contributed by atoms with E-state index in [9.17, 15) is 5.11 Å². The van der Waals surface area contributed by atoms with Crippen LogP contribution in [0.3, 0.4) is 0 Å². The standard InChI is InChI=1S/C26H36BrClFN3O2/c1-25(2,3)13-23-26(30,20-8-7-18(28)12-21(20)29)24(16-5-4-6-17(27)11-16)22(32-23)14-31-10-9-19(34)15-33/h4-8,11-12,19,22-24,31-34H,9-10,13-15,30H2,1-3H3/t19-,22-,23?,24-,26+/m0/s1. The van der Waals surface area contributed by atoms with Crippen LogP contribution in [0, 0.1) is 11.2 Å². The second kappa shape index (κ2) is 11.3. The molecule has 1 unspecified atom stereocenters. The van der Waals surface area contributed by atoms with Crippen molar-refractivity contribution in [1.82, 2.24) is 10.6 Å². The minimum atomic E-state index is -1.03. The molecule has 0 spiro atoms. The highest BCUT2D eigenvalue weighted by Gasteiger charge is 2.55. The van der Waals surface area contributed by atoms with Gasteiger partial charge in [0.2, 0.25) is 0 Å². The van der Waals surface area contributed by atoms with Gasteiger partial charge in [-0.25, -0.2) is 4.39 Å². The van der Waals surface area contributed by atoms with Gasteiger partial charge in [-0.05, 0) is 54.6 Å². The fraction of sp³-hybridized carbons (Fsp3) is 0.538. The Morgan fingerprint density at radius 2 is 2.00 bits per heavy atom. The molecular formula is C26H36BrClFN3O2. The second-order valence-corrected chi connectivity index (χ2v) is 11.9. The number of hydrogen-bond donors (Lipinski definition) is 5. The highest BCUT2D eigenvalue weighted by atomic mass is 79.9. The predicted octanol–water partition coefficient (Wildman–Crippen LogP) is 4.29. The topological polar surface area (TPSA) is 90.5 Å². The number of rotatable bonds is 9. The summed E-state index contributed by atoms with van der Waals surface area (Å²) in [6.07, 6.45) is 0.432. The third-order valence-corrected chi connectivity index (χ3v) is 7.29. The Labute approximate surface area is 215 Å². The number of nitrogens with one attached hydrogen (secondary N) is 2. The summed E-state index contributed by atoms with van der Waals surface area (Å²) in [6, 6.07) is 12.5. The fourth-order valence-electron chi connectivity index (χ4n) is 5.08. The van der Waals surface area contributed by atoms with Gasteiger partial charge >= 0.3 is 0 Å². The first-order chi connectivity index (χ1) is 16.0. The lowest BCUT2D eigenvalue weighted by Crippen LogP contribution is -2.52. The van der Waals surface area contributed by atoms with Crippen molar-refractivity contribution in [2.24, 2.45) is 11.1 Å². The maximum Gasteiger partial charge on any atom is 0.129 e. The summed E-state index contributed by atoms with van der Waals surface area (Å²) in [5.74, 6) is -0.640. The molecular weight excluding hydrogens is 521 g/mol. The lowest BCUT2D eigenvalue weighted by atomic mass is 9.68. The van der Waals surface area contributed by atoms with E-state index < -0.39 is 17.5 Å². The molecule has 0 aliphatic carbocycles. The van der Waals surface area contributed by atoms with Gasteiger partial charge in [-0.3, -0.25) is 0 Å². The third-order valence-electron chi connectivity index (χ3n) is 6.56. The highest BCUT2D eigenvalue weighted by Crippen LogP contribution is 2.48. The van der Waals surface area contributed by atoms with E-state index in [2.05, 4.69) is 47.3 Å². The van der Waals surface area contributed by atoms with Crippen LogP contribution >= 0.6 is 27.5 Å². The van der Waals surface area contributed by atoms with Crippen LogP contribution in [0.4, 0.5) is 4.39 Å². The maximum absolute atomic E-state index is 15.4. The largest absolute Gasteiger partial charge is 0.394 e. The molecule has 0 bridgehead atoms. The third kappa shape index (κ3) is 6.38. The molecule has 0 saturated carbocycles. The van der Waals surface area contributed by atoms with Gasteiger partial charge in [0, 0.05) is 39.6 Å². The number of nitrogens with two attached hydrogens (primary N) is 1. The van der Waals surface area contributed by atoms with Gasteiger partial charge in [0.1, 0.15) is 5.82 Å². The SMILES string of the molecule is CC(C)(C)CC1N[C@@H](CNCC[C@H](O)CO)[C@H](c2cccc(Br)c2)[C@@]1(N)c1ccc(Cl)cc1F. The van der Waals surface area contributed by atoms with Gasteiger partial charge in [-0.1, -0.05) is 66.5 Å². The minimum absolute atomic E-state index is 0.0411. The Morgan fingerprint density at radius 3 is 2.62 bits per heavy atom. The molecule has 3 rings (SSSR count). The monoisotopic (exact) mass is 555 g/mol. The zero-order valence-electron chi connectivity index (χ0n) is 20.0. The Bertz CT molecular complexity index is 973. The van der Waals surface area contributed by atoms with Crippen LogP contribution in [0.25, 0.3) is 0 Å². The molecule has 2 aromatic rings.